The van der Waals surface area contributed by atoms with Crippen LogP contribution in [-0.4, -0.2) is 15.6 Å². The molecule has 2 fully saturated rings. The van der Waals surface area contributed by atoms with E-state index in [4.69, 9.17) is 5.53 Å². The molecule has 31 heavy (non-hydrogen) atoms. The highest BCUT2D eigenvalue weighted by Gasteiger charge is 2.57. The summed E-state index contributed by atoms with van der Waals surface area (Å²) in [5, 5.41) is 4.06. The Labute approximate surface area is 183 Å². The second kappa shape index (κ2) is 6.74. The standard InChI is InChI=1S/C26H31N5/c1-25-13-11-18(29-30-27)15-17(25)7-8-19-20-9-10-24(26(20,2)14-12-21(19)25)31-16-28-22-5-3-4-6-23(22)31/h3-7,10,16,18-21H,8-9,11-15H2,1-2H3/t18?,19-,20-,21-,25-,26-/m0/s1. The summed E-state index contributed by atoms with van der Waals surface area (Å²) >= 11 is 0. The van der Waals surface area contributed by atoms with E-state index in [1.165, 1.54) is 43.3 Å². The lowest BCUT2D eigenvalue weighted by Gasteiger charge is -2.57. The van der Waals surface area contributed by atoms with Crippen molar-refractivity contribution < 1.29 is 0 Å². The van der Waals surface area contributed by atoms with E-state index >= 15 is 0 Å². The third-order valence-corrected chi connectivity index (χ3v) is 9.55. The van der Waals surface area contributed by atoms with Crippen LogP contribution >= 0.6 is 0 Å². The van der Waals surface area contributed by atoms with Crippen LogP contribution in [0.3, 0.4) is 0 Å². The third kappa shape index (κ3) is 2.62. The van der Waals surface area contributed by atoms with Crippen LogP contribution in [0, 0.1) is 28.6 Å². The first-order valence-electron chi connectivity index (χ1n) is 11.9. The van der Waals surface area contributed by atoms with Crippen molar-refractivity contribution in [1.82, 2.24) is 9.55 Å². The van der Waals surface area contributed by atoms with Gasteiger partial charge in [0.15, 0.2) is 0 Å². The number of fused-ring (bicyclic) bond motifs is 6. The SMILES string of the molecule is C[C@]12CCC(N=[N+]=[N-])CC1=CC[C@@H]1[C@@H]2CC[C@]2(C)C(n3cnc4ccccc43)=CC[C@@H]12. The van der Waals surface area contributed by atoms with Gasteiger partial charge in [-0.05, 0) is 85.8 Å². The van der Waals surface area contributed by atoms with Crippen molar-refractivity contribution in [3.05, 3.63) is 58.8 Å². The zero-order valence-corrected chi connectivity index (χ0v) is 18.5. The van der Waals surface area contributed by atoms with Crippen molar-refractivity contribution in [3.63, 3.8) is 0 Å². The number of hydrogen-bond acceptors (Lipinski definition) is 2. The van der Waals surface area contributed by atoms with Crippen molar-refractivity contribution in [2.24, 2.45) is 33.7 Å². The molecule has 1 heterocycles. The van der Waals surface area contributed by atoms with Gasteiger partial charge in [-0.1, -0.05) is 48.8 Å². The van der Waals surface area contributed by atoms with E-state index in [0.717, 1.165) is 30.2 Å². The predicted molar refractivity (Wildman–Crippen MR) is 124 cm³/mol. The maximum atomic E-state index is 8.89. The quantitative estimate of drug-likeness (QED) is 0.223. The molecule has 5 heteroatoms. The number of nitrogens with zero attached hydrogens (tertiary/aromatic N) is 5. The second-order valence-corrected chi connectivity index (χ2v) is 10.7. The molecule has 0 saturated heterocycles. The van der Waals surface area contributed by atoms with Gasteiger partial charge in [-0.15, -0.1) is 0 Å². The summed E-state index contributed by atoms with van der Waals surface area (Å²) in [6, 6.07) is 8.66. The van der Waals surface area contributed by atoms with Crippen LogP contribution in [0.2, 0.25) is 0 Å². The third-order valence-electron chi connectivity index (χ3n) is 9.55. The van der Waals surface area contributed by atoms with Crippen LogP contribution in [0.4, 0.5) is 0 Å². The number of rotatable bonds is 2. The summed E-state index contributed by atoms with van der Waals surface area (Å²) in [5.74, 6) is 2.20. The molecule has 0 N–H and O–H groups in total. The summed E-state index contributed by atoms with van der Waals surface area (Å²) in [7, 11) is 0. The molecule has 0 amide bonds. The van der Waals surface area contributed by atoms with Gasteiger partial charge in [-0.3, -0.25) is 0 Å². The van der Waals surface area contributed by atoms with Gasteiger partial charge in [0, 0.05) is 22.1 Å². The van der Waals surface area contributed by atoms with Crippen molar-refractivity contribution in [2.45, 2.75) is 64.8 Å². The zero-order valence-electron chi connectivity index (χ0n) is 18.5. The molecule has 4 aliphatic carbocycles. The molecule has 0 aliphatic heterocycles. The number of imidazole rings is 1. The molecule has 1 aromatic heterocycles. The zero-order chi connectivity index (χ0) is 21.2. The van der Waals surface area contributed by atoms with E-state index in [0.29, 0.717) is 5.92 Å². The van der Waals surface area contributed by atoms with Gasteiger partial charge in [-0.25, -0.2) is 4.98 Å². The molecule has 2 aromatic rings. The van der Waals surface area contributed by atoms with Crippen molar-refractivity contribution in [2.75, 3.05) is 0 Å². The fourth-order valence-electron chi connectivity index (χ4n) is 7.88. The van der Waals surface area contributed by atoms with Crippen molar-refractivity contribution in [1.29, 1.82) is 0 Å². The van der Waals surface area contributed by atoms with Crippen molar-refractivity contribution in [3.8, 4) is 0 Å². The normalized spacial score (nSPS) is 39.0. The molecule has 4 aliphatic rings. The van der Waals surface area contributed by atoms with Crippen LogP contribution < -0.4 is 0 Å². The van der Waals surface area contributed by atoms with Gasteiger partial charge in [0.2, 0.25) is 0 Å². The molecule has 0 bridgehead atoms. The fourth-order valence-corrected chi connectivity index (χ4v) is 7.88. The molecule has 6 rings (SSSR count). The van der Waals surface area contributed by atoms with Gasteiger partial charge in [-0.2, -0.15) is 0 Å². The Bertz CT molecular complexity index is 1150. The summed E-state index contributed by atoms with van der Waals surface area (Å²) in [6.07, 6.45) is 15.2. The van der Waals surface area contributed by atoms with Crippen molar-refractivity contribution >= 4 is 16.7 Å². The fraction of sp³-hybridized carbons (Fsp3) is 0.577. The minimum atomic E-state index is 0.156. The first kappa shape index (κ1) is 19.2. The summed E-state index contributed by atoms with van der Waals surface area (Å²) in [6.45, 7) is 5.03. The summed E-state index contributed by atoms with van der Waals surface area (Å²) < 4.78 is 2.37. The molecular formula is C26H31N5. The Hall–Kier alpha value is -2.52. The molecule has 160 valence electrons. The van der Waals surface area contributed by atoms with Gasteiger partial charge < -0.3 is 4.57 Å². The van der Waals surface area contributed by atoms with E-state index in [1.54, 1.807) is 5.57 Å². The van der Waals surface area contributed by atoms with E-state index in [1.807, 2.05) is 6.33 Å². The Morgan fingerprint density at radius 2 is 1.90 bits per heavy atom. The highest BCUT2D eigenvalue weighted by molar-refractivity contribution is 5.80. The lowest BCUT2D eigenvalue weighted by atomic mass is 9.47. The number of azide groups is 1. The minimum absolute atomic E-state index is 0.156. The highest BCUT2D eigenvalue weighted by atomic mass is 15.1. The lowest BCUT2D eigenvalue weighted by Crippen LogP contribution is -2.49. The second-order valence-electron chi connectivity index (χ2n) is 10.7. The number of benzene rings is 1. The molecule has 1 aromatic carbocycles. The maximum absolute atomic E-state index is 8.89. The van der Waals surface area contributed by atoms with Crippen LogP contribution in [0.25, 0.3) is 27.2 Å². The molecule has 5 nitrogen and oxygen atoms in total. The Balaban J connectivity index is 1.33. The maximum Gasteiger partial charge on any atom is 0.100 e. The van der Waals surface area contributed by atoms with Crippen LogP contribution in [-0.2, 0) is 0 Å². The number of hydrogen-bond donors (Lipinski definition) is 0. The van der Waals surface area contributed by atoms with E-state index in [2.05, 4.69) is 69.8 Å². The number of para-hydroxylation sites is 2. The molecule has 0 spiro atoms. The van der Waals surface area contributed by atoms with Crippen LogP contribution in [0.1, 0.15) is 58.8 Å². The van der Waals surface area contributed by atoms with E-state index < -0.39 is 0 Å². The smallest absolute Gasteiger partial charge is 0.100 e. The van der Waals surface area contributed by atoms with Gasteiger partial charge in [0.1, 0.15) is 6.33 Å². The monoisotopic (exact) mass is 413 g/mol. The van der Waals surface area contributed by atoms with E-state index in [9.17, 15) is 0 Å². The van der Waals surface area contributed by atoms with Crippen LogP contribution in [0.5, 0.6) is 0 Å². The first-order valence-corrected chi connectivity index (χ1v) is 11.9. The largest absolute Gasteiger partial charge is 0.302 e. The minimum Gasteiger partial charge on any atom is -0.302 e. The average Bonchev–Trinajstić information content (AvgIpc) is 3.34. The number of aromatic nitrogens is 2. The summed E-state index contributed by atoms with van der Waals surface area (Å²) in [5.41, 5.74) is 14.8. The molecular weight excluding hydrogens is 382 g/mol. The predicted octanol–water partition coefficient (Wildman–Crippen LogP) is 7.13. The van der Waals surface area contributed by atoms with Gasteiger partial charge in [0.05, 0.1) is 11.0 Å². The first-order chi connectivity index (χ1) is 15.0. The molecule has 0 radical (unpaired) electrons. The number of allylic oxidation sites excluding steroid dienone is 3. The van der Waals surface area contributed by atoms with Gasteiger partial charge in [0.25, 0.3) is 0 Å². The Morgan fingerprint density at radius 1 is 1.06 bits per heavy atom. The highest BCUT2D eigenvalue weighted by Crippen LogP contribution is 2.65. The Morgan fingerprint density at radius 3 is 2.77 bits per heavy atom. The lowest BCUT2D eigenvalue weighted by molar-refractivity contribution is -0.0126. The van der Waals surface area contributed by atoms with Gasteiger partial charge >= 0.3 is 0 Å². The molecule has 2 saturated carbocycles. The van der Waals surface area contributed by atoms with E-state index in [-0.39, 0.29) is 16.9 Å². The topological polar surface area (TPSA) is 66.6 Å². The average molecular weight is 414 g/mol. The summed E-state index contributed by atoms with van der Waals surface area (Å²) in [4.78, 5) is 7.77. The Kier molecular flexibility index (Phi) is 4.17. The molecule has 1 unspecified atom stereocenters. The van der Waals surface area contributed by atoms with Crippen LogP contribution in [0.15, 0.2) is 53.4 Å². The molecule has 6 atom stereocenters.